The van der Waals surface area contributed by atoms with Crippen LogP contribution < -0.4 is 5.32 Å². The zero-order chi connectivity index (χ0) is 29.7. The number of hydrogen-bond acceptors (Lipinski definition) is 5. The average Bonchev–Trinajstić information content (AvgIpc) is 2.87. The SMILES string of the molecule is CN(CC(O)CNC(C)(C)Cc1ccc(C(C)(C)C)cc1)S(=O)(=O)c1cccc(-c2ccc(CC(=O)O)cc2)c1. The first kappa shape index (κ1) is 31.5. The fourth-order valence-electron chi connectivity index (χ4n) is 4.55. The highest BCUT2D eigenvalue weighted by molar-refractivity contribution is 7.89. The molecule has 0 radical (unpaired) electrons. The number of aliphatic hydroxyl groups excluding tert-OH is 1. The number of β-amino-alcohol motifs (C(OH)–C–C–N with tert-alkyl or cyclic N) is 1. The Bertz CT molecular complexity index is 1390. The van der Waals surface area contributed by atoms with Gasteiger partial charge in [0.1, 0.15) is 0 Å². The normalized spacial score (nSPS) is 13.4. The zero-order valence-corrected chi connectivity index (χ0v) is 25.1. The number of sulfonamides is 1. The van der Waals surface area contributed by atoms with Crippen LogP contribution in [0.1, 0.15) is 51.3 Å². The van der Waals surface area contributed by atoms with Gasteiger partial charge in [0.25, 0.3) is 0 Å². The molecule has 3 rings (SSSR count). The second kappa shape index (κ2) is 12.6. The number of hydrogen-bond donors (Lipinski definition) is 3. The van der Waals surface area contributed by atoms with E-state index in [9.17, 15) is 18.3 Å². The molecule has 40 heavy (non-hydrogen) atoms. The number of rotatable bonds is 12. The number of carbonyl (C=O) groups is 1. The molecule has 0 saturated heterocycles. The standard InChI is InChI=1S/C32H42N2O5S/c1-31(2,3)27-16-12-24(13-17-27)20-32(4,5)33-21-28(35)22-34(6)40(38,39)29-9-7-8-26(19-29)25-14-10-23(11-15-25)18-30(36)37/h7-17,19,28,33,35H,18,20-22H2,1-6H3,(H,36,37). The monoisotopic (exact) mass is 566 g/mol. The predicted molar refractivity (Wildman–Crippen MR) is 160 cm³/mol. The highest BCUT2D eigenvalue weighted by atomic mass is 32.2. The van der Waals surface area contributed by atoms with Crippen LogP contribution in [-0.2, 0) is 33.1 Å². The van der Waals surface area contributed by atoms with Gasteiger partial charge in [-0.2, -0.15) is 4.31 Å². The molecule has 0 aromatic heterocycles. The lowest BCUT2D eigenvalue weighted by Gasteiger charge is -2.29. The molecule has 0 aliphatic rings. The van der Waals surface area contributed by atoms with Crippen molar-refractivity contribution in [3.63, 3.8) is 0 Å². The molecule has 0 saturated carbocycles. The quantitative estimate of drug-likeness (QED) is 0.289. The van der Waals surface area contributed by atoms with E-state index in [0.717, 1.165) is 12.0 Å². The minimum atomic E-state index is -3.84. The van der Waals surface area contributed by atoms with Crippen molar-refractivity contribution >= 4 is 16.0 Å². The van der Waals surface area contributed by atoms with Crippen LogP contribution in [0.25, 0.3) is 11.1 Å². The predicted octanol–water partition coefficient (Wildman–Crippen LogP) is 4.87. The first-order valence-corrected chi connectivity index (χ1v) is 14.9. The van der Waals surface area contributed by atoms with Gasteiger partial charge in [-0.05, 0) is 65.6 Å². The Kier molecular flexibility index (Phi) is 9.95. The lowest BCUT2D eigenvalue weighted by molar-refractivity contribution is -0.136. The summed E-state index contributed by atoms with van der Waals surface area (Å²) in [5, 5.41) is 23.0. The van der Waals surface area contributed by atoms with Crippen molar-refractivity contribution < 1.29 is 23.4 Å². The van der Waals surface area contributed by atoms with E-state index in [-0.39, 0.29) is 35.4 Å². The fourth-order valence-corrected chi connectivity index (χ4v) is 5.81. The number of likely N-dealkylation sites (N-methyl/N-ethyl adjacent to an activating group) is 1. The summed E-state index contributed by atoms with van der Waals surface area (Å²) in [7, 11) is -2.37. The van der Waals surface area contributed by atoms with Gasteiger partial charge in [0.05, 0.1) is 17.4 Å². The molecule has 3 aromatic rings. The molecular formula is C32H42N2O5S. The summed E-state index contributed by atoms with van der Waals surface area (Å²) in [6.45, 7) is 10.9. The first-order valence-electron chi connectivity index (χ1n) is 13.5. The Hall–Kier alpha value is -3.04. The number of carboxylic acid groups (broad SMARTS) is 1. The molecule has 3 aromatic carbocycles. The van der Waals surface area contributed by atoms with Crippen molar-refractivity contribution in [1.29, 1.82) is 0 Å². The van der Waals surface area contributed by atoms with E-state index in [2.05, 4.69) is 64.2 Å². The van der Waals surface area contributed by atoms with Crippen LogP contribution >= 0.6 is 0 Å². The Morgan fingerprint density at radius 3 is 2.08 bits per heavy atom. The third-order valence-corrected chi connectivity index (χ3v) is 8.75. The largest absolute Gasteiger partial charge is 0.481 e. The van der Waals surface area contributed by atoms with E-state index < -0.39 is 22.1 Å². The highest BCUT2D eigenvalue weighted by Gasteiger charge is 2.25. The van der Waals surface area contributed by atoms with E-state index in [1.165, 1.54) is 28.5 Å². The fraction of sp³-hybridized carbons (Fsp3) is 0.406. The number of aliphatic hydroxyl groups is 1. The van der Waals surface area contributed by atoms with Crippen molar-refractivity contribution in [2.75, 3.05) is 20.1 Å². The molecule has 216 valence electrons. The minimum absolute atomic E-state index is 0.0557. The summed E-state index contributed by atoms with van der Waals surface area (Å²) >= 11 is 0. The molecule has 1 atom stereocenters. The van der Waals surface area contributed by atoms with E-state index in [1.54, 1.807) is 36.4 Å². The second-order valence-electron chi connectivity index (χ2n) is 12.1. The van der Waals surface area contributed by atoms with Gasteiger partial charge in [0.2, 0.25) is 10.0 Å². The van der Waals surface area contributed by atoms with Gasteiger partial charge in [0.15, 0.2) is 0 Å². The molecule has 8 heteroatoms. The Morgan fingerprint density at radius 1 is 0.900 bits per heavy atom. The highest BCUT2D eigenvalue weighted by Crippen LogP contribution is 2.25. The molecule has 1 unspecified atom stereocenters. The molecule has 0 spiro atoms. The maximum Gasteiger partial charge on any atom is 0.307 e. The lowest BCUT2D eigenvalue weighted by Crippen LogP contribution is -2.47. The summed E-state index contributed by atoms with van der Waals surface area (Å²) in [5.41, 5.74) is 4.43. The summed E-state index contributed by atoms with van der Waals surface area (Å²) in [6.07, 6.45) is -0.201. The Balaban J connectivity index is 1.60. The number of aliphatic carboxylic acids is 1. The maximum absolute atomic E-state index is 13.3. The lowest BCUT2D eigenvalue weighted by atomic mass is 9.85. The van der Waals surface area contributed by atoms with Crippen molar-refractivity contribution in [3.05, 3.63) is 89.5 Å². The van der Waals surface area contributed by atoms with Gasteiger partial charge >= 0.3 is 5.97 Å². The maximum atomic E-state index is 13.3. The van der Waals surface area contributed by atoms with E-state index in [1.807, 2.05) is 6.07 Å². The smallest absolute Gasteiger partial charge is 0.307 e. The van der Waals surface area contributed by atoms with Crippen molar-refractivity contribution in [2.24, 2.45) is 0 Å². The second-order valence-corrected chi connectivity index (χ2v) is 14.2. The topological polar surface area (TPSA) is 107 Å². The molecule has 0 aliphatic carbocycles. The third-order valence-electron chi connectivity index (χ3n) is 6.93. The summed E-state index contributed by atoms with van der Waals surface area (Å²) in [5.74, 6) is -0.907. The molecule has 0 amide bonds. The molecule has 7 nitrogen and oxygen atoms in total. The van der Waals surface area contributed by atoms with Gasteiger partial charge in [-0.1, -0.05) is 81.4 Å². The van der Waals surface area contributed by atoms with Crippen LogP contribution in [0.15, 0.2) is 77.7 Å². The van der Waals surface area contributed by atoms with E-state index in [4.69, 9.17) is 5.11 Å². The van der Waals surface area contributed by atoms with Gasteiger partial charge < -0.3 is 15.5 Å². The molecular weight excluding hydrogens is 524 g/mol. The molecule has 3 N–H and O–H groups in total. The van der Waals surface area contributed by atoms with Crippen molar-refractivity contribution in [3.8, 4) is 11.1 Å². The molecule has 0 bridgehead atoms. The number of benzene rings is 3. The molecule has 0 aliphatic heterocycles. The third kappa shape index (κ3) is 8.73. The van der Waals surface area contributed by atoms with Crippen LogP contribution in [-0.4, -0.2) is 60.7 Å². The van der Waals surface area contributed by atoms with Crippen molar-refractivity contribution in [1.82, 2.24) is 9.62 Å². The summed E-state index contributed by atoms with van der Waals surface area (Å²) < 4.78 is 27.8. The zero-order valence-electron chi connectivity index (χ0n) is 24.3. The molecule has 0 heterocycles. The summed E-state index contributed by atoms with van der Waals surface area (Å²) in [6, 6.07) is 22.2. The minimum Gasteiger partial charge on any atom is -0.481 e. The molecule has 0 fully saturated rings. The van der Waals surface area contributed by atoms with Gasteiger partial charge in [-0.15, -0.1) is 0 Å². The van der Waals surface area contributed by atoms with Crippen LogP contribution in [0.2, 0.25) is 0 Å². The number of carboxylic acids is 1. The van der Waals surface area contributed by atoms with Gasteiger partial charge in [-0.25, -0.2) is 8.42 Å². The van der Waals surface area contributed by atoms with Crippen LogP contribution in [0, 0.1) is 0 Å². The van der Waals surface area contributed by atoms with Crippen LogP contribution in [0.4, 0.5) is 0 Å². The first-order chi connectivity index (χ1) is 18.6. The van der Waals surface area contributed by atoms with Gasteiger partial charge in [0, 0.05) is 25.7 Å². The Labute approximate surface area is 238 Å². The Morgan fingerprint density at radius 2 is 1.50 bits per heavy atom. The number of nitrogens with zero attached hydrogens (tertiary/aromatic N) is 1. The van der Waals surface area contributed by atoms with E-state index >= 15 is 0 Å². The van der Waals surface area contributed by atoms with Crippen molar-refractivity contribution in [2.45, 2.75) is 69.4 Å². The van der Waals surface area contributed by atoms with Crippen LogP contribution in [0.3, 0.4) is 0 Å². The summed E-state index contributed by atoms with van der Waals surface area (Å²) in [4.78, 5) is 11.1. The van der Waals surface area contributed by atoms with Crippen LogP contribution in [0.5, 0.6) is 0 Å². The van der Waals surface area contributed by atoms with Gasteiger partial charge in [-0.3, -0.25) is 4.79 Å². The van der Waals surface area contributed by atoms with E-state index in [0.29, 0.717) is 11.1 Å². The average molecular weight is 567 g/mol. The number of nitrogens with one attached hydrogen (secondary N) is 1.